The Hall–Kier alpha value is -1.78. The first-order chi connectivity index (χ1) is 9.69. The molecule has 0 fully saturated rings. The van der Waals surface area contributed by atoms with E-state index in [-0.39, 0.29) is 0 Å². The van der Waals surface area contributed by atoms with Gasteiger partial charge in [0.1, 0.15) is 0 Å². The maximum atomic E-state index is 10.1. The fraction of sp³-hybridized carbons (Fsp3) is 0.267. The molecule has 1 aromatic carbocycles. The first-order valence-electron chi connectivity index (χ1n) is 6.45. The Morgan fingerprint density at radius 3 is 2.60 bits per heavy atom. The zero-order chi connectivity index (χ0) is 14.4. The van der Waals surface area contributed by atoms with Gasteiger partial charge in [-0.1, -0.05) is 23.7 Å². The van der Waals surface area contributed by atoms with Gasteiger partial charge in [-0.25, -0.2) is 4.98 Å². The second-order valence-corrected chi connectivity index (χ2v) is 4.70. The largest absolute Gasteiger partial charge is 0.478 e. The number of aromatic nitrogens is 1. The van der Waals surface area contributed by atoms with Crippen LogP contribution in [0.4, 0.5) is 5.69 Å². The third kappa shape index (κ3) is 4.11. The molecule has 0 radical (unpaired) electrons. The molecule has 5 heteroatoms. The lowest BCUT2D eigenvalue weighted by Gasteiger charge is -2.13. The van der Waals surface area contributed by atoms with Crippen molar-refractivity contribution in [2.75, 3.05) is 18.5 Å². The molecule has 1 unspecified atom stereocenters. The number of benzene rings is 1. The van der Waals surface area contributed by atoms with Gasteiger partial charge in [-0.15, -0.1) is 0 Å². The number of pyridine rings is 1. The zero-order valence-electron chi connectivity index (χ0n) is 11.2. The average molecular weight is 293 g/mol. The molecule has 1 heterocycles. The molecule has 0 bridgehead atoms. The van der Waals surface area contributed by atoms with Crippen LogP contribution >= 0.6 is 11.6 Å². The highest BCUT2D eigenvalue weighted by atomic mass is 35.5. The van der Waals surface area contributed by atoms with Gasteiger partial charge in [-0.3, -0.25) is 0 Å². The van der Waals surface area contributed by atoms with Gasteiger partial charge in [-0.05, 0) is 30.7 Å². The highest BCUT2D eigenvalue weighted by molar-refractivity contribution is 6.30. The van der Waals surface area contributed by atoms with Gasteiger partial charge < -0.3 is 15.2 Å². The number of nitrogens with one attached hydrogen (secondary N) is 1. The number of rotatable bonds is 6. The third-order valence-electron chi connectivity index (χ3n) is 2.78. The molecule has 106 valence electrons. The lowest BCUT2D eigenvalue weighted by Crippen LogP contribution is -2.12. The van der Waals surface area contributed by atoms with Gasteiger partial charge in [-0.2, -0.15) is 0 Å². The van der Waals surface area contributed by atoms with Gasteiger partial charge in [0, 0.05) is 17.6 Å². The van der Waals surface area contributed by atoms with Crippen molar-refractivity contribution in [2.45, 2.75) is 13.0 Å². The second kappa shape index (κ2) is 7.12. The number of aliphatic hydroxyl groups is 1. The number of ether oxygens (including phenoxy) is 1. The number of aliphatic hydroxyl groups excluding tert-OH is 1. The summed E-state index contributed by atoms with van der Waals surface area (Å²) in [6.45, 7) is 2.91. The molecule has 0 saturated heterocycles. The van der Waals surface area contributed by atoms with Gasteiger partial charge in [0.15, 0.2) is 0 Å². The number of hydrogen-bond acceptors (Lipinski definition) is 4. The molecule has 0 saturated carbocycles. The fourth-order valence-electron chi connectivity index (χ4n) is 1.74. The Bertz CT molecular complexity index is 529. The van der Waals surface area contributed by atoms with E-state index >= 15 is 0 Å². The van der Waals surface area contributed by atoms with Gasteiger partial charge >= 0.3 is 0 Å². The van der Waals surface area contributed by atoms with Crippen molar-refractivity contribution in [1.82, 2.24) is 4.98 Å². The minimum Gasteiger partial charge on any atom is -0.478 e. The molecule has 0 amide bonds. The molecule has 2 rings (SSSR count). The van der Waals surface area contributed by atoms with Crippen molar-refractivity contribution in [3.8, 4) is 5.88 Å². The minimum atomic E-state index is -0.598. The molecule has 0 aliphatic rings. The van der Waals surface area contributed by atoms with E-state index in [0.29, 0.717) is 24.1 Å². The molecule has 20 heavy (non-hydrogen) atoms. The summed E-state index contributed by atoms with van der Waals surface area (Å²) in [7, 11) is 0. The summed E-state index contributed by atoms with van der Waals surface area (Å²) < 4.78 is 5.27. The van der Waals surface area contributed by atoms with E-state index in [2.05, 4.69) is 10.3 Å². The molecule has 2 aromatic rings. The monoisotopic (exact) mass is 292 g/mol. The molecule has 4 nitrogen and oxygen atoms in total. The number of anilines is 1. The quantitative estimate of drug-likeness (QED) is 0.858. The number of hydrogen-bond donors (Lipinski definition) is 2. The standard InChI is InChI=1S/C15H17ClN2O2/c1-2-20-15-8-7-13(9-18-15)17-10-14(19)11-3-5-12(16)6-4-11/h3-9,14,17,19H,2,10H2,1H3. The minimum absolute atomic E-state index is 0.400. The van der Waals surface area contributed by atoms with Crippen molar-refractivity contribution in [3.05, 3.63) is 53.2 Å². The van der Waals surface area contributed by atoms with E-state index in [1.54, 1.807) is 24.4 Å². The van der Waals surface area contributed by atoms with Gasteiger partial charge in [0.25, 0.3) is 0 Å². The zero-order valence-corrected chi connectivity index (χ0v) is 12.0. The summed E-state index contributed by atoms with van der Waals surface area (Å²) in [6.07, 6.45) is 1.08. The summed E-state index contributed by atoms with van der Waals surface area (Å²) in [5.74, 6) is 0.594. The first-order valence-corrected chi connectivity index (χ1v) is 6.83. The van der Waals surface area contributed by atoms with Crippen LogP contribution in [0.5, 0.6) is 5.88 Å². The van der Waals surface area contributed by atoms with Crippen LogP contribution < -0.4 is 10.1 Å². The molecular formula is C15H17ClN2O2. The highest BCUT2D eigenvalue weighted by Crippen LogP contribution is 2.18. The lowest BCUT2D eigenvalue weighted by atomic mass is 10.1. The van der Waals surface area contributed by atoms with Crippen LogP contribution in [0.1, 0.15) is 18.6 Å². The van der Waals surface area contributed by atoms with Crippen LogP contribution in [0, 0.1) is 0 Å². The molecule has 0 spiro atoms. The van der Waals surface area contributed by atoms with Crippen LogP contribution in [0.3, 0.4) is 0 Å². The summed E-state index contributed by atoms with van der Waals surface area (Å²) in [5, 5.41) is 13.8. The van der Waals surface area contributed by atoms with Crippen LogP contribution in [0.25, 0.3) is 0 Å². The number of nitrogens with zero attached hydrogens (tertiary/aromatic N) is 1. The molecule has 1 aromatic heterocycles. The van der Waals surface area contributed by atoms with Crippen LogP contribution in [-0.2, 0) is 0 Å². The van der Waals surface area contributed by atoms with Crippen LogP contribution in [-0.4, -0.2) is 23.2 Å². The van der Waals surface area contributed by atoms with E-state index < -0.39 is 6.10 Å². The van der Waals surface area contributed by atoms with Crippen molar-refractivity contribution in [3.63, 3.8) is 0 Å². The summed E-state index contributed by atoms with van der Waals surface area (Å²) >= 11 is 5.81. The van der Waals surface area contributed by atoms with E-state index in [1.165, 1.54) is 0 Å². The SMILES string of the molecule is CCOc1ccc(NCC(O)c2ccc(Cl)cc2)cn1. The van der Waals surface area contributed by atoms with E-state index in [1.807, 2.05) is 25.1 Å². The van der Waals surface area contributed by atoms with Crippen LogP contribution in [0.2, 0.25) is 5.02 Å². The lowest BCUT2D eigenvalue weighted by molar-refractivity contribution is 0.191. The average Bonchev–Trinajstić information content (AvgIpc) is 2.47. The van der Waals surface area contributed by atoms with E-state index in [4.69, 9.17) is 16.3 Å². The Morgan fingerprint density at radius 2 is 2.00 bits per heavy atom. The molecule has 1 atom stereocenters. The topological polar surface area (TPSA) is 54.4 Å². The Balaban J connectivity index is 1.89. The summed E-state index contributed by atoms with van der Waals surface area (Å²) in [6, 6.07) is 10.8. The summed E-state index contributed by atoms with van der Waals surface area (Å²) in [4.78, 5) is 4.15. The van der Waals surface area contributed by atoms with Crippen molar-refractivity contribution in [1.29, 1.82) is 0 Å². The first kappa shape index (κ1) is 14.6. The smallest absolute Gasteiger partial charge is 0.213 e. The van der Waals surface area contributed by atoms with Crippen molar-refractivity contribution >= 4 is 17.3 Å². The predicted molar refractivity (Wildman–Crippen MR) is 80.3 cm³/mol. The van der Waals surface area contributed by atoms with Crippen molar-refractivity contribution < 1.29 is 9.84 Å². The fourth-order valence-corrected chi connectivity index (χ4v) is 1.86. The summed E-state index contributed by atoms with van der Waals surface area (Å²) in [5.41, 5.74) is 1.65. The Morgan fingerprint density at radius 1 is 1.25 bits per heavy atom. The number of halogens is 1. The van der Waals surface area contributed by atoms with Crippen LogP contribution in [0.15, 0.2) is 42.6 Å². The molecule has 2 N–H and O–H groups in total. The van der Waals surface area contributed by atoms with Gasteiger partial charge in [0.2, 0.25) is 5.88 Å². The van der Waals surface area contributed by atoms with E-state index in [0.717, 1.165) is 11.3 Å². The molecule has 0 aliphatic heterocycles. The van der Waals surface area contributed by atoms with Crippen molar-refractivity contribution in [2.24, 2.45) is 0 Å². The highest BCUT2D eigenvalue weighted by Gasteiger charge is 2.07. The van der Waals surface area contributed by atoms with Gasteiger partial charge in [0.05, 0.1) is 24.6 Å². The Labute approximate surface area is 123 Å². The molecule has 0 aliphatic carbocycles. The Kier molecular flexibility index (Phi) is 5.21. The normalized spacial score (nSPS) is 11.9. The predicted octanol–water partition coefficient (Wildman–Crippen LogP) is 3.28. The molecular weight excluding hydrogens is 276 g/mol. The third-order valence-corrected chi connectivity index (χ3v) is 3.03. The second-order valence-electron chi connectivity index (χ2n) is 4.27. The maximum absolute atomic E-state index is 10.1. The van der Waals surface area contributed by atoms with E-state index in [9.17, 15) is 5.11 Å². The maximum Gasteiger partial charge on any atom is 0.213 e.